The van der Waals surface area contributed by atoms with Crippen LogP contribution < -0.4 is 10.1 Å². The Balaban J connectivity index is 2.60. The molecule has 20 heavy (non-hydrogen) atoms. The van der Waals surface area contributed by atoms with Gasteiger partial charge in [-0.05, 0) is 18.2 Å². The summed E-state index contributed by atoms with van der Waals surface area (Å²) in [7, 11) is 0. The van der Waals surface area contributed by atoms with Gasteiger partial charge in [-0.1, -0.05) is 41.9 Å². The Bertz CT molecular complexity index is 435. The van der Waals surface area contributed by atoms with Gasteiger partial charge < -0.3 is 20.3 Å². The SMILES string of the molecule is CC(C)NCC(O)COc1ccc(Br)cc1/C=C/CO. The topological polar surface area (TPSA) is 61.7 Å². The highest BCUT2D eigenvalue weighted by Crippen LogP contribution is 2.24. The molecule has 0 bridgehead atoms. The molecule has 0 aliphatic rings. The molecular formula is C15H22BrNO3. The minimum absolute atomic E-state index is 0.0209. The van der Waals surface area contributed by atoms with Gasteiger partial charge in [0.05, 0.1) is 6.61 Å². The molecule has 0 fully saturated rings. The smallest absolute Gasteiger partial charge is 0.126 e. The maximum atomic E-state index is 9.83. The Morgan fingerprint density at radius 3 is 2.80 bits per heavy atom. The molecule has 0 aromatic heterocycles. The van der Waals surface area contributed by atoms with Gasteiger partial charge in [0, 0.05) is 22.6 Å². The average molecular weight is 344 g/mol. The second-order valence-corrected chi connectivity index (χ2v) is 5.71. The zero-order chi connectivity index (χ0) is 15.0. The van der Waals surface area contributed by atoms with Gasteiger partial charge in [0.25, 0.3) is 0 Å². The largest absolute Gasteiger partial charge is 0.490 e. The van der Waals surface area contributed by atoms with E-state index in [0.717, 1.165) is 10.0 Å². The zero-order valence-electron chi connectivity index (χ0n) is 11.8. The Morgan fingerprint density at radius 2 is 2.15 bits per heavy atom. The van der Waals surface area contributed by atoms with Gasteiger partial charge in [-0.15, -0.1) is 0 Å². The van der Waals surface area contributed by atoms with Gasteiger partial charge >= 0.3 is 0 Å². The molecule has 1 rings (SSSR count). The van der Waals surface area contributed by atoms with Crippen molar-refractivity contribution in [1.29, 1.82) is 0 Å². The first-order valence-electron chi connectivity index (χ1n) is 6.64. The van der Waals surface area contributed by atoms with Crippen LogP contribution in [0.25, 0.3) is 6.08 Å². The molecular weight excluding hydrogens is 322 g/mol. The van der Waals surface area contributed by atoms with Crippen molar-refractivity contribution in [3.8, 4) is 5.75 Å². The fourth-order valence-electron chi connectivity index (χ4n) is 1.58. The number of halogens is 1. The summed E-state index contributed by atoms with van der Waals surface area (Å²) in [5.74, 6) is 0.682. The fraction of sp³-hybridized carbons (Fsp3) is 0.467. The number of benzene rings is 1. The number of aliphatic hydroxyl groups excluding tert-OH is 2. The van der Waals surface area contributed by atoms with Crippen LogP contribution in [0.2, 0.25) is 0 Å². The summed E-state index contributed by atoms with van der Waals surface area (Å²) in [6.45, 7) is 4.75. The molecule has 0 aliphatic carbocycles. The van der Waals surface area contributed by atoms with E-state index in [0.29, 0.717) is 18.3 Å². The van der Waals surface area contributed by atoms with E-state index in [9.17, 15) is 5.11 Å². The fourth-order valence-corrected chi connectivity index (χ4v) is 1.96. The van der Waals surface area contributed by atoms with E-state index >= 15 is 0 Å². The number of hydrogen-bond acceptors (Lipinski definition) is 4. The molecule has 1 aromatic carbocycles. The standard InChI is InChI=1S/C15H22BrNO3/c1-11(2)17-9-14(19)10-20-15-6-5-13(16)8-12(15)4-3-7-18/h3-6,8,11,14,17-19H,7,9-10H2,1-2H3/b4-3+. The summed E-state index contributed by atoms with van der Waals surface area (Å²) in [5, 5.41) is 21.8. The van der Waals surface area contributed by atoms with Crippen molar-refractivity contribution in [3.05, 3.63) is 34.3 Å². The van der Waals surface area contributed by atoms with Crippen molar-refractivity contribution in [2.45, 2.75) is 26.0 Å². The third-order valence-electron chi connectivity index (χ3n) is 2.57. The first-order chi connectivity index (χ1) is 9.52. The first-order valence-corrected chi connectivity index (χ1v) is 7.43. The molecule has 5 heteroatoms. The van der Waals surface area contributed by atoms with E-state index in [2.05, 4.69) is 21.2 Å². The van der Waals surface area contributed by atoms with Gasteiger partial charge in [0.1, 0.15) is 18.5 Å². The van der Waals surface area contributed by atoms with Crippen molar-refractivity contribution in [3.63, 3.8) is 0 Å². The predicted octanol–water partition coefficient (Wildman–Crippen LogP) is 2.19. The van der Waals surface area contributed by atoms with Crippen LogP contribution in [-0.4, -0.2) is 42.1 Å². The quantitative estimate of drug-likeness (QED) is 0.677. The Morgan fingerprint density at radius 1 is 1.40 bits per heavy atom. The van der Waals surface area contributed by atoms with E-state index in [4.69, 9.17) is 9.84 Å². The molecule has 3 N–H and O–H groups in total. The first kappa shape index (κ1) is 17.2. The van der Waals surface area contributed by atoms with Crippen LogP contribution in [0, 0.1) is 0 Å². The summed E-state index contributed by atoms with van der Waals surface area (Å²) in [5.41, 5.74) is 0.859. The summed E-state index contributed by atoms with van der Waals surface area (Å²) in [6.07, 6.45) is 2.88. The monoisotopic (exact) mass is 343 g/mol. The summed E-state index contributed by atoms with van der Waals surface area (Å²) >= 11 is 3.40. The molecule has 0 spiro atoms. The highest BCUT2D eigenvalue weighted by molar-refractivity contribution is 9.10. The zero-order valence-corrected chi connectivity index (χ0v) is 13.4. The van der Waals surface area contributed by atoms with Crippen molar-refractivity contribution in [1.82, 2.24) is 5.32 Å². The maximum absolute atomic E-state index is 9.83. The maximum Gasteiger partial charge on any atom is 0.126 e. The van der Waals surface area contributed by atoms with Gasteiger partial charge in [0.2, 0.25) is 0 Å². The van der Waals surface area contributed by atoms with Gasteiger partial charge in [-0.25, -0.2) is 0 Å². The van der Waals surface area contributed by atoms with Crippen LogP contribution in [0.4, 0.5) is 0 Å². The van der Waals surface area contributed by atoms with Crippen LogP contribution in [0.3, 0.4) is 0 Å². The lowest BCUT2D eigenvalue weighted by Gasteiger charge is -2.16. The van der Waals surface area contributed by atoms with Crippen molar-refractivity contribution >= 4 is 22.0 Å². The highest BCUT2D eigenvalue weighted by atomic mass is 79.9. The number of hydrogen-bond donors (Lipinski definition) is 3. The minimum Gasteiger partial charge on any atom is -0.490 e. The summed E-state index contributed by atoms with van der Waals surface area (Å²) < 4.78 is 6.57. The number of ether oxygens (including phenoxy) is 1. The van der Waals surface area contributed by atoms with Crippen LogP contribution in [0.5, 0.6) is 5.75 Å². The number of aliphatic hydroxyl groups is 2. The third-order valence-corrected chi connectivity index (χ3v) is 3.06. The van der Waals surface area contributed by atoms with Crippen LogP contribution in [0.15, 0.2) is 28.7 Å². The normalized spacial score (nSPS) is 13.1. The minimum atomic E-state index is -0.560. The Hall–Kier alpha value is -0.880. The van der Waals surface area contributed by atoms with Gasteiger partial charge in [0.15, 0.2) is 0 Å². The molecule has 4 nitrogen and oxygen atoms in total. The summed E-state index contributed by atoms with van der Waals surface area (Å²) in [6, 6.07) is 5.95. The molecule has 0 radical (unpaired) electrons. The predicted molar refractivity (Wildman–Crippen MR) is 84.9 cm³/mol. The van der Waals surface area contributed by atoms with Crippen LogP contribution in [0.1, 0.15) is 19.4 Å². The van der Waals surface area contributed by atoms with E-state index in [1.165, 1.54) is 0 Å². The molecule has 1 atom stereocenters. The lowest BCUT2D eigenvalue weighted by atomic mass is 10.2. The lowest BCUT2D eigenvalue weighted by Crippen LogP contribution is -2.35. The lowest BCUT2D eigenvalue weighted by molar-refractivity contribution is 0.104. The molecule has 0 aliphatic heterocycles. The van der Waals surface area contributed by atoms with Crippen molar-refractivity contribution in [2.24, 2.45) is 0 Å². The van der Waals surface area contributed by atoms with E-state index in [-0.39, 0.29) is 13.2 Å². The molecule has 0 amide bonds. The summed E-state index contributed by atoms with van der Waals surface area (Å²) in [4.78, 5) is 0. The van der Waals surface area contributed by atoms with Gasteiger partial charge in [-0.3, -0.25) is 0 Å². The molecule has 112 valence electrons. The van der Waals surface area contributed by atoms with E-state index in [1.807, 2.05) is 32.0 Å². The van der Waals surface area contributed by atoms with Crippen molar-refractivity contribution in [2.75, 3.05) is 19.8 Å². The van der Waals surface area contributed by atoms with E-state index in [1.54, 1.807) is 12.2 Å². The molecule has 1 unspecified atom stereocenters. The molecule has 0 heterocycles. The second-order valence-electron chi connectivity index (χ2n) is 4.79. The van der Waals surface area contributed by atoms with Gasteiger partial charge in [-0.2, -0.15) is 0 Å². The van der Waals surface area contributed by atoms with E-state index < -0.39 is 6.10 Å². The Labute approximate surface area is 128 Å². The van der Waals surface area contributed by atoms with Crippen LogP contribution in [-0.2, 0) is 0 Å². The van der Waals surface area contributed by atoms with Crippen molar-refractivity contribution < 1.29 is 14.9 Å². The molecule has 0 saturated heterocycles. The van der Waals surface area contributed by atoms with Crippen LogP contribution >= 0.6 is 15.9 Å². The molecule has 0 saturated carbocycles. The number of rotatable bonds is 8. The number of nitrogens with one attached hydrogen (secondary N) is 1. The highest BCUT2D eigenvalue weighted by Gasteiger charge is 2.08. The average Bonchev–Trinajstić information content (AvgIpc) is 2.41. The second kappa shape index (κ2) is 9.13. The third kappa shape index (κ3) is 6.52. The molecule has 1 aromatic rings. The Kier molecular flexibility index (Phi) is 7.84.